The molecule has 0 aromatic heterocycles. The molecular formula is C22H24N3O5-. The van der Waals surface area contributed by atoms with Crippen molar-refractivity contribution in [2.75, 3.05) is 13.2 Å². The molecule has 1 atom stereocenters. The summed E-state index contributed by atoms with van der Waals surface area (Å²) in [6.07, 6.45) is 0.343. The van der Waals surface area contributed by atoms with Crippen molar-refractivity contribution in [3.8, 4) is 11.1 Å². The average Bonchev–Trinajstić information content (AvgIpc) is 3.04. The zero-order chi connectivity index (χ0) is 21.5. The number of nitrogens with one attached hydrogen (secondary N) is 2. The molecule has 0 fully saturated rings. The van der Waals surface area contributed by atoms with Gasteiger partial charge in [-0.15, -0.1) is 0 Å². The van der Waals surface area contributed by atoms with E-state index in [0.29, 0.717) is 19.4 Å². The number of aliphatic carboxylic acids is 1. The second-order valence-electron chi connectivity index (χ2n) is 7.13. The molecule has 8 nitrogen and oxygen atoms in total. The Kier molecular flexibility index (Phi) is 6.90. The fraction of sp³-hybridized carbons (Fsp3) is 0.318. The van der Waals surface area contributed by atoms with Gasteiger partial charge >= 0.3 is 12.1 Å². The van der Waals surface area contributed by atoms with Crippen LogP contribution in [0.3, 0.4) is 0 Å². The Balaban J connectivity index is 1.54. The van der Waals surface area contributed by atoms with E-state index in [0.717, 1.165) is 22.3 Å². The van der Waals surface area contributed by atoms with Gasteiger partial charge in [0, 0.05) is 12.5 Å². The number of rotatable bonds is 9. The lowest BCUT2D eigenvalue weighted by molar-refractivity contribution is -0.308. The lowest BCUT2D eigenvalue weighted by Gasteiger charge is -2.20. The number of nitrogens with two attached hydrogens (primary N) is 1. The first-order valence-electron chi connectivity index (χ1n) is 9.83. The maximum absolute atomic E-state index is 12.2. The van der Waals surface area contributed by atoms with Crippen molar-refractivity contribution >= 4 is 18.1 Å². The third-order valence-electron chi connectivity index (χ3n) is 5.14. The van der Waals surface area contributed by atoms with Gasteiger partial charge in [0.2, 0.25) is 0 Å². The summed E-state index contributed by atoms with van der Waals surface area (Å²) in [7, 11) is 0. The molecule has 2 aromatic rings. The van der Waals surface area contributed by atoms with E-state index in [4.69, 9.17) is 10.5 Å². The predicted molar refractivity (Wildman–Crippen MR) is 108 cm³/mol. The molecule has 3 amide bonds. The Labute approximate surface area is 174 Å². The normalized spacial score (nSPS) is 13.1. The molecule has 30 heavy (non-hydrogen) atoms. The number of primary amides is 1. The molecule has 4 N–H and O–H groups in total. The van der Waals surface area contributed by atoms with E-state index in [9.17, 15) is 19.5 Å². The number of carbonyl (C=O) groups excluding carboxylic acids is 3. The number of benzene rings is 2. The molecule has 0 saturated heterocycles. The van der Waals surface area contributed by atoms with Crippen LogP contribution in [0.5, 0.6) is 0 Å². The quantitative estimate of drug-likeness (QED) is 0.539. The highest BCUT2D eigenvalue weighted by atomic mass is 16.5. The number of carboxylic acid groups (broad SMARTS) is 1. The largest absolute Gasteiger partial charge is 0.548 e. The maximum Gasteiger partial charge on any atom is 0.407 e. The van der Waals surface area contributed by atoms with Crippen LogP contribution in [0.2, 0.25) is 0 Å². The van der Waals surface area contributed by atoms with Gasteiger partial charge in [-0.1, -0.05) is 48.5 Å². The molecule has 0 bridgehead atoms. The van der Waals surface area contributed by atoms with Crippen molar-refractivity contribution in [3.63, 3.8) is 0 Å². The van der Waals surface area contributed by atoms with E-state index < -0.39 is 24.1 Å². The SMILES string of the molecule is NC(=O)NCCCC[C@@H](NC(=O)OCC1c2ccccc2-c2ccccc21)C(=O)[O-]. The van der Waals surface area contributed by atoms with Gasteiger partial charge in [-0.2, -0.15) is 0 Å². The second kappa shape index (κ2) is 9.78. The number of carbonyl (C=O) groups is 3. The van der Waals surface area contributed by atoms with Crippen molar-refractivity contribution in [2.24, 2.45) is 5.73 Å². The fourth-order valence-electron chi connectivity index (χ4n) is 3.72. The number of urea groups is 1. The average molecular weight is 410 g/mol. The third-order valence-corrected chi connectivity index (χ3v) is 5.14. The summed E-state index contributed by atoms with van der Waals surface area (Å²) >= 11 is 0. The number of unbranched alkanes of at least 4 members (excludes halogenated alkanes) is 1. The van der Waals surface area contributed by atoms with E-state index in [-0.39, 0.29) is 18.9 Å². The lowest BCUT2D eigenvalue weighted by atomic mass is 9.98. The number of amides is 3. The van der Waals surface area contributed by atoms with Gasteiger partial charge in [0.1, 0.15) is 6.61 Å². The third kappa shape index (κ3) is 5.08. The first-order chi connectivity index (χ1) is 14.5. The minimum absolute atomic E-state index is 0.0994. The standard InChI is InChI=1S/C22H25N3O5/c23-21(28)24-12-6-5-11-19(20(26)27)25-22(29)30-13-18-16-9-3-1-7-14(16)15-8-2-4-10-17(15)18/h1-4,7-10,18-19H,5-6,11-13H2,(H,25,29)(H,26,27)(H3,23,24,28)/p-1/t19-/m1/s1. The van der Waals surface area contributed by atoms with Crippen LogP contribution in [0.25, 0.3) is 11.1 Å². The highest BCUT2D eigenvalue weighted by Crippen LogP contribution is 2.44. The maximum atomic E-state index is 12.2. The van der Waals surface area contributed by atoms with Crippen LogP contribution in [-0.4, -0.2) is 37.3 Å². The zero-order valence-corrected chi connectivity index (χ0v) is 16.4. The highest BCUT2D eigenvalue weighted by molar-refractivity contribution is 5.80. The first-order valence-corrected chi connectivity index (χ1v) is 9.83. The molecule has 0 aliphatic heterocycles. The predicted octanol–water partition coefficient (Wildman–Crippen LogP) is 1.48. The number of alkyl carbamates (subject to hydrolysis) is 1. The second-order valence-corrected chi connectivity index (χ2v) is 7.13. The molecule has 0 spiro atoms. The van der Waals surface area contributed by atoms with E-state index in [1.165, 1.54) is 0 Å². The zero-order valence-electron chi connectivity index (χ0n) is 16.4. The molecule has 2 aromatic carbocycles. The number of hydrogen-bond acceptors (Lipinski definition) is 5. The van der Waals surface area contributed by atoms with Crippen molar-refractivity contribution < 1.29 is 24.2 Å². The lowest BCUT2D eigenvalue weighted by Crippen LogP contribution is -2.48. The van der Waals surface area contributed by atoms with Crippen molar-refractivity contribution in [1.82, 2.24) is 10.6 Å². The van der Waals surface area contributed by atoms with Crippen LogP contribution in [0, 0.1) is 0 Å². The molecule has 8 heteroatoms. The molecule has 158 valence electrons. The van der Waals surface area contributed by atoms with Crippen molar-refractivity contribution in [2.45, 2.75) is 31.2 Å². The molecular weight excluding hydrogens is 386 g/mol. The van der Waals surface area contributed by atoms with E-state index in [1.807, 2.05) is 48.5 Å². The number of fused-ring (bicyclic) bond motifs is 3. The monoisotopic (exact) mass is 410 g/mol. The van der Waals surface area contributed by atoms with Crippen LogP contribution in [0.15, 0.2) is 48.5 Å². The van der Waals surface area contributed by atoms with Gasteiger partial charge < -0.3 is 31.0 Å². The van der Waals surface area contributed by atoms with E-state index in [1.54, 1.807) is 0 Å². The summed E-state index contributed by atoms with van der Waals surface area (Å²) in [6, 6.07) is 14.1. The summed E-state index contributed by atoms with van der Waals surface area (Å²) in [5, 5.41) is 16.1. The van der Waals surface area contributed by atoms with Crippen LogP contribution in [0.4, 0.5) is 9.59 Å². The molecule has 1 aliphatic rings. The van der Waals surface area contributed by atoms with Gasteiger partial charge in [-0.25, -0.2) is 9.59 Å². The summed E-state index contributed by atoms with van der Waals surface area (Å²) in [5.41, 5.74) is 9.33. The minimum atomic E-state index is -1.38. The molecule has 3 rings (SSSR count). The molecule has 0 saturated carbocycles. The molecule has 0 unspecified atom stereocenters. The van der Waals surface area contributed by atoms with Crippen LogP contribution < -0.4 is 21.5 Å². The summed E-state index contributed by atoms with van der Waals surface area (Å²) < 4.78 is 5.36. The van der Waals surface area contributed by atoms with Gasteiger partial charge in [0.05, 0.1) is 12.0 Å². The summed E-state index contributed by atoms with van der Waals surface area (Å²) in [5.74, 6) is -1.49. The Morgan fingerprint density at radius 3 is 2.17 bits per heavy atom. The van der Waals surface area contributed by atoms with Crippen molar-refractivity contribution in [1.29, 1.82) is 0 Å². The number of carboxylic acids is 1. The Morgan fingerprint density at radius 2 is 1.60 bits per heavy atom. The number of ether oxygens (including phenoxy) is 1. The minimum Gasteiger partial charge on any atom is -0.548 e. The smallest absolute Gasteiger partial charge is 0.407 e. The van der Waals surface area contributed by atoms with Crippen LogP contribution in [0.1, 0.15) is 36.3 Å². The van der Waals surface area contributed by atoms with Crippen LogP contribution >= 0.6 is 0 Å². The van der Waals surface area contributed by atoms with Gasteiger partial charge in [0.15, 0.2) is 0 Å². The van der Waals surface area contributed by atoms with Crippen LogP contribution in [-0.2, 0) is 9.53 Å². The van der Waals surface area contributed by atoms with Gasteiger partial charge in [-0.05, 0) is 41.5 Å². The molecule has 0 radical (unpaired) electrons. The summed E-state index contributed by atoms with van der Waals surface area (Å²) in [6.45, 7) is 0.433. The topological polar surface area (TPSA) is 134 Å². The summed E-state index contributed by atoms with van der Waals surface area (Å²) in [4.78, 5) is 34.2. The molecule has 0 heterocycles. The van der Waals surface area contributed by atoms with Gasteiger partial charge in [0.25, 0.3) is 0 Å². The highest BCUT2D eigenvalue weighted by Gasteiger charge is 2.29. The molecule has 1 aliphatic carbocycles. The Hall–Kier alpha value is -3.55. The van der Waals surface area contributed by atoms with E-state index >= 15 is 0 Å². The first kappa shape index (κ1) is 21.2. The fourth-order valence-corrected chi connectivity index (χ4v) is 3.72. The Bertz CT molecular complexity index is 885. The number of hydrogen-bond donors (Lipinski definition) is 3. The van der Waals surface area contributed by atoms with Gasteiger partial charge in [-0.3, -0.25) is 0 Å². The van der Waals surface area contributed by atoms with E-state index in [2.05, 4.69) is 10.6 Å². The Morgan fingerprint density at radius 1 is 1.00 bits per heavy atom. The van der Waals surface area contributed by atoms with Crippen molar-refractivity contribution in [3.05, 3.63) is 59.7 Å².